The number of nitrogens with zero attached hydrogens (tertiary/aromatic N) is 1. The average molecular weight is 430 g/mol. The molecule has 0 aliphatic heterocycles. The summed E-state index contributed by atoms with van der Waals surface area (Å²) in [4.78, 5) is 17.5. The van der Waals surface area contributed by atoms with Crippen LogP contribution in [0.1, 0.15) is 40.0 Å². The smallest absolute Gasteiger partial charge is 0.255 e. The quantitative estimate of drug-likeness (QED) is 0.535. The molecule has 0 radical (unpaired) electrons. The Morgan fingerprint density at radius 2 is 1.96 bits per heavy atom. The number of anilines is 1. The van der Waals surface area contributed by atoms with E-state index in [0.717, 1.165) is 63.0 Å². The van der Waals surface area contributed by atoms with Crippen LogP contribution in [0.5, 0.6) is 0 Å². The van der Waals surface area contributed by atoms with Gasteiger partial charge in [-0.25, -0.2) is 0 Å². The van der Waals surface area contributed by atoms with Gasteiger partial charge in [0.25, 0.3) is 5.91 Å². The first-order valence-corrected chi connectivity index (χ1v) is 9.88. The maximum absolute atomic E-state index is 12.7. The monoisotopic (exact) mass is 428 g/mol. The number of nitrogens with one attached hydrogen (secondary N) is 1. The van der Waals surface area contributed by atoms with Crippen molar-refractivity contribution in [2.45, 2.75) is 32.6 Å². The Morgan fingerprint density at radius 1 is 1.15 bits per heavy atom. The molecule has 0 fully saturated rings. The Hall–Kier alpha value is -1.91. The molecule has 0 unspecified atom stereocenters. The predicted octanol–water partition coefficient (Wildman–Crippen LogP) is 6.09. The van der Waals surface area contributed by atoms with Gasteiger partial charge in [0.1, 0.15) is 0 Å². The summed E-state index contributed by atoms with van der Waals surface area (Å²) in [7, 11) is 0. The van der Waals surface area contributed by atoms with Gasteiger partial charge in [-0.05, 0) is 74.1 Å². The summed E-state index contributed by atoms with van der Waals surface area (Å²) in [5.41, 5.74) is 5.43. The number of fused-ring (bicyclic) bond motifs is 2. The number of carbonyl (C=O) groups excluding carboxylic acids is 1. The summed E-state index contributed by atoms with van der Waals surface area (Å²) in [6.07, 6.45) is 4.25. The highest BCUT2D eigenvalue weighted by molar-refractivity contribution is 9.10. The van der Waals surface area contributed by atoms with Crippen molar-refractivity contribution in [3.63, 3.8) is 0 Å². The lowest BCUT2D eigenvalue weighted by Gasteiger charge is -2.18. The number of halogens is 2. The van der Waals surface area contributed by atoms with E-state index in [4.69, 9.17) is 16.6 Å². The first-order chi connectivity index (χ1) is 12.5. The van der Waals surface area contributed by atoms with Crippen LogP contribution < -0.4 is 5.32 Å². The van der Waals surface area contributed by atoms with Crippen LogP contribution in [0.2, 0.25) is 5.02 Å². The van der Waals surface area contributed by atoms with Gasteiger partial charge in [0.05, 0.1) is 10.5 Å². The van der Waals surface area contributed by atoms with Gasteiger partial charge in [-0.15, -0.1) is 0 Å². The molecule has 3 nitrogen and oxygen atoms in total. The third kappa shape index (κ3) is 3.24. The largest absolute Gasteiger partial charge is 0.322 e. The first-order valence-electron chi connectivity index (χ1n) is 8.71. The summed E-state index contributed by atoms with van der Waals surface area (Å²) in [6.45, 7) is 1.97. The summed E-state index contributed by atoms with van der Waals surface area (Å²) in [5, 5.41) is 4.69. The standard InChI is InChI=1S/C21H18BrClN2O/c1-12-10-14(22)7-9-17(12)25-21(26)13-6-8-16-19(11-13)24-18-5-3-2-4-15(18)20(16)23/h6-11H,2-5H2,1H3,(H,25,26). The molecular formula is C21H18BrClN2O. The predicted molar refractivity (Wildman–Crippen MR) is 110 cm³/mol. The lowest BCUT2D eigenvalue weighted by Crippen LogP contribution is -2.13. The van der Waals surface area contributed by atoms with Gasteiger partial charge in [-0.1, -0.05) is 33.6 Å². The van der Waals surface area contributed by atoms with E-state index in [1.54, 1.807) is 0 Å². The fourth-order valence-electron chi connectivity index (χ4n) is 3.47. The Bertz CT molecular complexity index is 1030. The van der Waals surface area contributed by atoms with E-state index in [0.29, 0.717) is 5.56 Å². The number of pyridine rings is 1. The summed E-state index contributed by atoms with van der Waals surface area (Å²) >= 11 is 10.0. The molecule has 0 saturated carbocycles. The van der Waals surface area contributed by atoms with Gasteiger partial charge < -0.3 is 5.32 Å². The first kappa shape index (κ1) is 17.5. The highest BCUT2D eigenvalue weighted by atomic mass is 79.9. The summed E-state index contributed by atoms with van der Waals surface area (Å²) in [6, 6.07) is 11.3. The number of aryl methyl sites for hydroxylation is 2. The van der Waals surface area contributed by atoms with Crippen LogP contribution in [0.15, 0.2) is 40.9 Å². The summed E-state index contributed by atoms with van der Waals surface area (Å²) in [5.74, 6) is -0.145. The second kappa shape index (κ2) is 7.01. The minimum atomic E-state index is -0.145. The molecular weight excluding hydrogens is 412 g/mol. The van der Waals surface area contributed by atoms with Gasteiger partial charge in [-0.3, -0.25) is 9.78 Å². The van der Waals surface area contributed by atoms with Gasteiger partial charge >= 0.3 is 0 Å². The second-order valence-corrected chi connectivity index (χ2v) is 8.00. The van der Waals surface area contributed by atoms with Crippen molar-refractivity contribution in [1.82, 2.24) is 4.98 Å². The number of amides is 1. The highest BCUT2D eigenvalue weighted by Gasteiger charge is 2.18. The Balaban J connectivity index is 1.69. The molecule has 132 valence electrons. The number of benzene rings is 2. The molecule has 1 aliphatic carbocycles. The molecule has 4 rings (SSSR count). The van der Waals surface area contributed by atoms with E-state index >= 15 is 0 Å². The van der Waals surface area contributed by atoms with Crippen molar-refractivity contribution in [1.29, 1.82) is 0 Å². The van der Waals surface area contributed by atoms with Crippen LogP contribution in [0.25, 0.3) is 10.9 Å². The van der Waals surface area contributed by atoms with Crippen molar-refractivity contribution in [3.8, 4) is 0 Å². The molecule has 3 aromatic rings. The third-order valence-electron chi connectivity index (χ3n) is 4.89. The molecule has 5 heteroatoms. The second-order valence-electron chi connectivity index (χ2n) is 6.70. The van der Waals surface area contributed by atoms with Gasteiger partial charge in [-0.2, -0.15) is 0 Å². The lowest BCUT2D eigenvalue weighted by molar-refractivity contribution is 0.102. The van der Waals surface area contributed by atoms with Gasteiger partial charge in [0, 0.05) is 26.8 Å². The number of hydrogen-bond donors (Lipinski definition) is 1. The molecule has 1 N–H and O–H groups in total. The molecule has 0 atom stereocenters. The molecule has 1 aliphatic rings. The fraction of sp³-hybridized carbons (Fsp3) is 0.238. The molecule has 2 aromatic carbocycles. The van der Waals surface area contributed by atoms with Crippen LogP contribution in [0.4, 0.5) is 5.69 Å². The maximum Gasteiger partial charge on any atom is 0.255 e. The molecule has 1 heterocycles. The van der Waals surface area contributed by atoms with Crippen molar-refractivity contribution in [2.75, 3.05) is 5.32 Å². The molecule has 0 spiro atoms. The van der Waals surface area contributed by atoms with Gasteiger partial charge in [0.15, 0.2) is 0 Å². The van der Waals surface area contributed by atoms with E-state index in [1.807, 2.05) is 43.3 Å². The zero-order chi connectivity index (χ0) is 18.3. The zero-order valence-electron chi connectivity index (χ0n) is 14.4. The van der Waals surface area contributed by atoms with Crippen molar-refractivity contribution < 1.29 is 4.79 Å². The summed E-state index contributed by atoms with van der Waals surface area (Å²) < 4.78 is 0.988. The molecule has 1 amide bonds. The average Bonchev–Trinajstić information content (AvgIpc) is 2.64. The van der Waals surface area contributed by atoms with Crippen LogP contribution in [0.3, 0.4) is 0 Å². The molecule has 26 heavy (non-hydrogen) atoms. The number of rotatable bonds is 2. The normalized spacial score (nSPS) is 13.5. The zero-order valence-corrected chi connectivity index (χ0v) is 16.7. The number of aromatic nitrogens is 1. The van der Waals surface area contributed by atoms with E-state index < -0.39 is 0 Å². The van der Waals surface area contributed by atoms with Crippen molar-refractivity contribution in [3.05, 3.63) is 68.3 Å². The minimum Gasteiger partial charge on any atom is -0.322 e. The SMILES string of the molecule is Cc1cc(Br)ccc1NC(=O)c1ccc2c(Cl)c3c(nc2c1)CCCC3. The Labute approximate surface area is 165 Å². The fourth-order valence-corrected chi connectivity index (χ4v) is 4.31. The van der Waals surface area contributed by atoms with Crippen molar-refractivity contribution >= 4 is 50.0 Å². The maximum atomic E-state index is 12.7. The van der Waals surface area contributed by atoms with Crippen LogP contribution in [0, 0.1) is 6.92 Å². The van der Waals surface area contributed by atoms with Gasteiger partial charge in [0.2, 0.25) is 0 Å². The third-order valence-corrected chi connectivity index (χ3v) is 5.82. The minimum absolute atomic E-state index is 0.145. The van der Waals surface area contributed by atoms with Crippen molar-refractivity contribution in [2.24, 2.45) is 0 Å². The van der Waals surface area contributed by atoms with Crippen LogP contribution >= 0.6 is 27.5 Å². The Kier molecular flexibility index (Phi) is 4.72. The van der Waals surface area contributed by atoms with E-state index in [-0.39, 0.29) is 5.91 Å². The Morgan fingerprint density at radius 3 is 2.77 bits per heavy atom. The molecule has 0 saturated heterocycles. The lowest BCUT2D eigenvalue weighted by atomic mass is 9.94. The highest BCUT2D eigenvalue weighted by Crippen LogP contribution is 2.33. The van der Waals surface area contributed by atoms with Crippen LogP contribution in [-0.2, 0) is 12.8 Å². The number of hydrogen-bond acceptors (Lipinski definition) is 2. The molecule has 0 bridgehead atoms. The van der Waals surface area contributed by atoms with E-state index in [2.05, 4.69) is 21.2 Å². The number of carbonyl (C=O) groups is 1. The van der Waals surface area contributed by atoms with E-state index in [1.165, 1.54) is 5.56 Å². The molecule has 1 aromatic heterocycles. The topological polar surface area (TPSA) is 42.0 Å². The van der Waals surface area contributed by atoms with E-state index in [9.17, 15) is 4.79 Å². The van der Waals surface area contributed by atoms with Crippen LogP contribution in [-0.4, -0.2) is 10.9 Å².